The van der Waals surface area contributed by atoms with Gasteiger partial charge in [-0.25, -0.2) is 0 Å². The maximum absolute atomic E-state index is 5.86. The van der Waals surface area contributed by atoms with Crippen LogP contribution in [-0.4, -0.2) is 10.1 Å². The van der Waals surface area contributed by atoms with Crippen molar-refractivity contribution >= 4 is 0 Å². The van der Waals surface area contributed by atoms with Crippen molar-refractivity contribution in [2.45, 2.75) is 32.2 Å². The Bertz CT molecular complexity index is 267. The number of aromatic nitrogens is 2. The van der Waals surface area contributed by atoms with Crippen molar-refractivity contribution in [3.8, 4) is 0 Å². The van der Waals surface area contributed by atoms with E-state index < -0.39 is 0 Å². The lowest BCUT2D eigenvalue weighted by molar-refractivity contribution is 0.380. The second-order valence-corrected chi connectivity index (χ2v) is 3.46. The molecular weight excluding hydrogens is 154 g/mol. The lowest BCUT2D eigenvalue weighted by atomic mass is 10.1. The molecule has 1 aromatic heterocycles. The first-order chi connectivity index (χ1) is 5.75. The van der Waals surface area contributed by atoms with E-state index in [1.165, 1.54) is 12.8 Å². The van der Waals surface area contributed by atoms with Crippen molar-refractivity contribution in [2.75, 3.05) is 0 Å². The quantitative estimate of drug-likeness (QED) is 0.734. The Morgan fingerprint density at radius 3 is 2.92 bits per heavy atom. The van der Waals surface area contributed by atoms with Crippen molar-refractivity contribution in [3.05, 3.63) is 11.7 Å². The van der Waals surface area contributed by atoms with Gasteiger partial charge in [0, 0.05) is 6.92 Å². The van der Waals surface area contributed by atoms with Gasteiger partial charge >= 0.3 is 0 Å². The molecule has 0 aliphatic heterocycles. The van der Waals surface area contributed by atoms with Gasteiger partial charge in [-0.1, -0.05) is 18.0 Å². The van der Waals surface area contributed by atoms with Crippen LogP contribution < -0.4 is 5.73 Å². The average molecular weight is 167 g/mol. The SMILES string of the molecule is Cc1nc(C(N)CC2CC2)no1. The molecule has 1 aliphatic carbocycles. The minimum atomic E-state index is -0.0325. The molecule has 4 heteroatoms. The first-order valence-corrected chi connectivity index (χ1v) is 4.31. The van der Waals surface area contributed by atoms with Gasteiger partial charge in [0.25, 0.3) is 0 Å². The predicted molar refractivity (Wildman–Crippen MR) is 43.3 cm³/mol. The molecule has 0 spiro atoms. The van der Waals surface area contributed by atoms with Crippen molar-refractivity contribution in [2.24, 2.45) is 11.7 Å². The molecule has 1 aliphatic rings. The van der Waals surface area contributed by atoms with E-state index in [-0.39, 0.29) is 6.04 Å². The van der Waals surface area contributed by atoms with Crippen LogP contribution in [0.2, 0.25) is 0 Å². The summed E-state index contributed by atoms with van der Waals surface area (Å²) in [7, 11) is 0. The lowest BCUT2D eigenvalue weighted by Gasteiger charge is -2.03. The van der Waals surface area contributed by atoms with Crippen molar-refractivity contribution in [1.29, 1.82) is 0 Å². The third kappa shape index (κ3) is 1.64. The monoisotopic (exact) mass is 167 g/mol. The van der Waals surface area contributed by atoms with Gasteiger partial charge in [0.2, 0.25) is 5.89 Å². The zero-order valence-corrected chi connectivity index (χ0v) is 7.16. The second-order valence-electron chi connectivity index (χ2n) is 3.46. The standard InChI is InChI=1S/C8H13N3O/c1-5-10-8(11-12-5)7(9)4-6-2-3-6/h6-7H,2-4,9H2,1H3. The lowest BCUT2D eigenvalue weighted by Crippen LogP contribution is -2.12. The molecule has 1 atom stereocenters. The molecule has 1 fully saturated rings. The van der Waals surface area contributed by atoms with E-state index in [1.807, 2.05) is 0 Å². The molecule has 66 valence electrons. The van der Waals surface area contributed by atoms with E-state index in [0.29, 0.717) is 11.7 Å². The van der Waals surface area contributed by atoms with Crippen LogP contribution in [-0.2, 0) is 0 Å². The maximum atomic E-state index is 5.86. The van der Waals surface area contributed by atoms with Crippen LogP contribution in [0, 0.1) is 12.8 Å². The fraction of sp³-hybridized carbons (Fsp3) is 0.750. The highest BCUT2D eigenvalue weighted by Gasteiger charge is 2.26. The number of nitrogens with zero attached hydrogens (tertiary/aromatic N) is 2. The zero-order valence-electron chi connectivity index (χ0n) is 7.16. The Kier molecular flexibility index (Phi) is 1.84. The van der Waals surface area contributed by atoms with E-state index in [9.17, 15) is 0 Å². The highest BCUT2D eigenvalue weighted by molar-refractivity contribution is 4.94. The van der Waals surface area contributed by atoms with Gasteiger partial charge in [0.15, 0.2) is 5.82 Å². The van der Waals surface area contributed by atoms with Crippen LogP contribution in [0.1, 0.15) is 37.0 Å². The second kappa shape index (κ2) is 2.86. The van der Waals surface area contributed by atoms with E-state index in [1.54, 1.807) is 6.92 Å². The third-order valence-electron chi connectivity index (χ3n) is 2.16. The highest BCUT2D eigenvalue weighted by atomic mass is 16.5. The summed E-state index contributed by atoms with van der Waals surface area (Å²) in [6.45, 7) is 1.78. The number of rotatable bonds is 3. The Morgan fingerprint density at radius 1 is 1.67 bits per heavy atom. The van der Waals surface area contributed by atoms with Gasteiger partial charge < -0.3 is 10.3 Å². The minimum Gasteiger partial charge on any atom is -0.340 e. The predicted octanol–water partition coefficient (Wildman–Crippen LogP) is 1.18. The summed E-state index contributed by atoms with van der Waals surface area (Å²) in [5.74, 6) is 2.05. The number of nitrogens with two attached hydrogens (primary N) is 1. The van der Waals surface area contributed by atoms with E-state index in [4.69, 9.17) is 10.3 Å². The smallest absolute Gasteiger partial charge is 0.223 e. The molecular formula is C8H13N3O. The number of hydrogen-bond acceptors (Lipinski definition) is 4. The summed E-state index contributed by atoms with van der Waals surface area (Å²) in [5, 5.41) is 3.79. The van der Waals surface area contributed by atoms with Gasteiger partial charge in [-0.15, -0.1) is 0 Å². The average Bonchev–Trinajstić information content (AvgIpc) is 2.72. The van der Waals surface area contributed by atoms with Crippen LogP contribution in [0.5, 0.6) is 0 Å². The van der Waals surface area contributed by atoms with E-state index in [2.05, 4.69) is 10.1 Å². The topological polar surface area (TPSA) is 64.9 Å². The first kappa shape index (κ1) is 7.73. The molecule has 0 amide bonds. The Hall–Kier alpha value is -0.900. The molecule has 1 heterocycles. The summed E-state index contributed by atoms with van der Waals surface area (Å²) in [6.07, 6.45) is 3.62. The summed E-state index contributed by atoms with van der Waals surface area (Å²) in [5.41, 5.74) is 5.86. The first-order valence-electron chi connectivity index (χ1n) is 4.31. The van der Waals surface area contributed by atoms with Gasteiger partial charge in [0.05, 0.1) is 6.04 Å². The molecule has 0 bridgehead atoms. The number of aryl methyl sites for hydroxylation is 1. The third-order valence-corrected chi connectivity index (χ3v) is 2.16. The van der Waals surface area contributed by atoms with Crippen LogP contribution in [0.25, 0.3) is 0 Å². The molecule has 0 aromatic carbocycles. The van der Waals surface area contributed by atoms with E-state index >= 15 is 0 Å². The van der Waals surface area contributed by atoms with Crippen LogP contribution in [0.4, 0.5) is 0 Å². The summed E-state index contributed by atoms with van der Waals surface area (Å²) in [6, 6.07) is -0.0325. The van der Waals surface area contributed by atoms with Gasteiger partial charge in [0.1, 0.15) is 0 Å². The van der Waals surface area contributed by atoms with Crippen molar-refractivity contribution < 1.29 is 4.52 Å². The molecule has 0 radical (unpaired) electrons. The largest absolute Gasteiger partial charge is 0.340 e. The molecule has 1 saturated carbocycles. The fourth-order valence-electron chi connectivity index (χ4n) is 1.28. The minimum absolute atomic E-state index is 0.0325. The van der Waals surface area contributed by atoms with Crippen LogP contribution in [0.15, 0.2) is 4.52 Å². The molecule has 1 aromatic rings. The van der Waals surface area contributed by atoms with Gasteiger partial charge in [-0.3, -0.25) is 0 Å². The summed E-state index contributed by atoms with van der Waals surface area (Å²) in [4.78, 5) is 4.09. The Morgan fingerprint density at radius 2 is 2.42 bits per heavy atom. The normalized spacial score (nSPS) is 19.5. The molecule has 4 nitrogen and oxygen atoms in total. The summed E-state index contributed by atoms with van der Waals surface area (Å²) >= 11 is 0. The molecule has 1 unspecified atom stereocenters. The van der Waals surface area contributed by atoms with Crippen LogP contribution >= 0.6 is 0 Å². The molecule has 12 heavy (non-hydrogen) atoms. The van der Waals surface area contributed by atoms with Crippen LogP contribution in [0.3, 0.4) is 0 Å². The molecule has 0 saturated heterocycles. The number of hydrogen-bond donors (Lipinski definition) is 1. The highest BCUT2D eigenvalue weighted by Crippen LogP contribution is 2.36. The van der Waals surface area contributed by atoms with Crippen molar-refractivity contribution in [3.63, 3.8) is 0 Å². The zero-order chi connectivity index (χ0) is 8.55. The maximum Gasteiger partial charge on any atom is 0.223 e. The Balaban J connectivity index is 1.97. The molecule has 2 N–H and O–H groups in total. The summed E-state index contributed by atoms with van der Waals surface area (Å²) < 4.78 is 4.85. The van der Waals surface area contributed by atoms with Gasteiger partial charge in [-0.05, 0) is 12.3 Å². The van der Waals surface area contributed by atoms with Crippen molar-refractivity contribution in [1.82, 2.24) is 10.1 Å². The Labute approximate surface area is 71.1 Å². The van der Waals surface area contributed by atoms with Gasteiger partial charge in [-0.2, -0.15) is 4.98 Å². The molecule has 2 rings (SSSR count). The fourth-order valence-corrected chi connectivity index (χ4v) is 1.28. The van der Waals surface area contributed by atoms with E-state index in [0.717, 1.165) is 12.3 Å².